The van der Waals surface area contributed by atoms with Gasteiger partial charge < -0.3 is 25.8 Å². The van der Waals surface area contributed by atoms with Crippen LogP contribution in [0.4, 0.5) is 5.69 Å². The summed E-state index contributed by atoms with van der Waals surface area (Å²) in [5.74, 6) is -3.17. The lowest BCUT2D eigenvalue weighted by atomic mass is 9.94. The lowest BCUT2D eigenvalue weighted by molar-refractivity contribution is -0.150. The molecule has 9 heteroatoms. The molecule has 0 fully saturated rings. The Labute approximate surface area is 245 Å². The van der Waals surface area contributed by atoms with E-state index in [0.29, 0.717) is 18.5 Å². The zero-order valence-electron chi connectivity index (χ0n) is 23.6. The Hall–Kier alpha value is -4.50. The zero-order chi connectivity index (χ0) is 29.9. The van der Waals surface area contributed by atoms with Gasteiger partial charge in [-0.15, -0.1) is 0 Å². The first kappa shape index (κ1) is 30.5. The molecule has 3 aromatic carbocycles. The summed E-state index contributed by atoms with van der Waals surface area (Å²) in [6.45, 7) is 1.07. The van der Waals surface area contributed by atoms with Crippen molar-refractivity contribution in [3.63, 3.8) is 0 Å². The summed E-state index contributed by atoms with van der Waals surface area (Å²) < 4.78 is 5.62. The van der Waals surface area contributed by atoms with Crippen LogP contribution >= 0.6 is 0 Å². The molecular weight excluding hydrogens is 534 g/mol. The fourth-order valence-electron chi connectivity index (χ4n) is 4.82. The third-order valence-corrected chi connectivity index (χ3v) is 7.19. The highest BCUT2D eigenvalue weighted by Crippen LogP contribution is 2.21. The molecule has 9 nitrogen and oxygen atoms in total. The highest BCUT2D eigenvalue weighted by atomic mass is 16.5. The molecule has 0 spiro atoms. The number of carbonyl (C=O) groups is 4. The van der Waals surface area contributed by atoms with Crippen molar-refractivity contribution < 1.29 is 29.0 Å². The number of nitrogens with one attached hydrogen (secondary N) is 3. The van der Waals surface area contributed by atoms with Gasteiger partial charge in [0.1, 0.15) is 12.6 Å². The minimum Gasteiger partial charge on any atom is -0.463 e. The number of cyclic esters (lactones) is 1. The van der Waals surface area contributed by atoms with Crippen LogP contribution < -0.4 is 16.0 Å². The molecule has 0 saturated carbocycles. The molecule has 4 N–H and O–H groups in total. The molecule has 3 aromatic rings. The second-order valence-electron chi connectivity index (χ2n) is 10.6. The van der Waals surface area contributed by atoms with Crippen LogP contribution in [0.25, 0.3) is 10.8 Å². The van der Waals surface area contributed by atoms with Gasteiger partial charge in [0.2, 0.25) is 11.8 Å². The smallest absolute Gasteiger partial charge is 0.309 e. The van der Waals surface area contributed by atoms with E-state index in [-0.39, 0.29) is 32.0 Å². The number of carbonyl (C=O) groups excluding carboxylic acids is 4. The number of hydrogen-bond acceptors (Lipinski definition) is 6. The third-order valence-electron chi connectivity index (χ3n) is 7.19. The number of hydrogen-bond donors (Lipinski definition) is 4. The zero-order valence-corrected chi connectivity index (χ0v) is 23.6. The number of allylic oxidation sites excluding steroid dienone is 2. The summed E-state index contributed by atoms with van der Waals surface area (Å²) in [6, 6.07) is 21.1. The van der Waals surface area contributed by atoms with E-state index >= 15 is 0 Å². The van der Waals surface area contributed by atoms with Gasteiger partial charge in [-0.3, -0.25) is 19.2 Å². The van der Waals surface area contributed by atoms with Crippen molar-refractivity contribution in [3.8, 4) is 0 Å². The molecule has 0 radical (unpaired) electrons. The van der Waals surface area contributed by atoms with Crippen LogP contribution in [-0.2, 0) is 30.3 Å². The monoisotopic (exact) mass is 571 g/mol. The minimum absolute atomic E-state index is 0.132. The Kier molecular flexibility index (Phi) is 10.8. The van der Waals surface area contributed by atoms with Crippen LogP contribution in [0.3, 0.4) is 0 Å². The number of anilines is 1. The number of rotatable bonds is 8. The molecule has 42 heavy (non-hydrogen) atoms. The molecule has 4 rings (SSSR count). The van der Waals surface area contributed by atoms with Crippen LogP contribution in [0, 0.1) is 11.8 Å². The molecule has 0 aliphatic carbocycles. The number of esters is 1. The van der Waals surface area contributed by atoms with Crippen LogP contribution in [0.2, 0.25) is 0 Å². The maximum absolute atomic E-state index is 13.4. The van der Waals surface area contributed by atoms with E-state index in [1.54, 1.807) is 19.1 Å². The highest BCUT2D eigenvalue weighted by molar-refractivity contribution is 5.99. The van der Waals surface area contributed by atoms with Gasteiger partial charge in [0, 0.05) is 18.2 Å². The number of aliphatic hydroxyl groups excluding tert-OH is 1. The van der Waals surface area contributed by atoms with Gasteiger partial charge in [0.25, 0.3) is 5.91 Å². The number of aliphatic hydroxyl groups is 1. The maximum Gasteiger partial charge on any atom is 0.309 e. The third kappa shape index (κ3) is 8.75. The van der Waals surface area contributed by atoms with E-state index < -0.39 is 41.7 Å². The normalized spacial score (nSPS) is 20.4. The van der Waals surface area contributed by atoms with Gasteiger partial charge in [-0.1, -0.05) is 72.8 Å². The molecule has 0 unspecified atom stereocenters. The van der Waals surface area contributed by atoms with E-state index in [2.05, 4.69) is 16.0 Å². The van der Waals surface area contributed by atoms with Gasteiger partial charge in [-0.05, 0) is 54.7 Å². The lowest BCUT2D eigenvalue weighted by Gasteiger charge is -2.24. The van der Waals surface area contributed by atoms with Crippen molar-refractivity contribution in [1.82, 2.24) is 10.6 Å². The van der Waals surface area contributed by atoms with Crippen LogP contribution in [0.15, 0.2) is 84.9 Å². The molecule has 1 heterocycles. The molecule has 0 bridgehead atoms. The summed E-state index contributed by atoms with van der Waals surface area (Å²) in [4.78, 5) is 52.5. The molecule has 0 saturated heterocycles. The first-order valence-corrected chi connectivity index (χ1v) is 14.2. The fourth-order valence-corrected chi connectivity index (χ4v) is 4.82. The SMILES string of the molecule is C[C@@H](CO)NC(=O)C[C@H]1CC=CC[C@H](Cc2ccccc2)C(=O)OC[C@@H](C(=O)Nc2ccc3ccccc3c2)NC1=O. The van der Waals surface area contributed by atoms with Crippen LogP contribution in [0.1, 0.15) is 31.7 Å². The molecule has 220 valence electrons. The standard InChI is InChI=1S/C33H37N3O6/c1-22(20-37)34-30(38)19-26-13-7-8-14-27(17-23-9-3-2-4-10-23)33(41)42-21-29(36-31(26)39)32(40)35-28-16-15-24-11-5-6-12-25(24)18-28/h2-12,15-16,18,22,26-27,29,37H,13-14,17,19-21H2,1H3,(H,34,38)(H,35,40)(H,36,39)/t22-,26+,27+,29-/m0/s1. The second kappa shape index (κ2) is 14.9. The van der Waals surface area contributed by atoms with Gasteiger partial charge in [0.05, 0.1) is 18.4 Å². The van der Waals surface area contributed by atoms with E-state index in [0.717, 1.165) is 16.3 Å². The van der Waals surface area contributed by atoms with Crippen molar-refractivity contribution in [2.24, 2.45) is 11.8 Å². The largest absolute Gasteiger partial charge is 0.463 e. The first-order valence-electron chi connectivity index (χ1n) is 14.2. The van der Waals surface area contributed by atoms with E-state index in [1.807, 2.05) is 72.8 Å². The van der Waals surface area contributed by atoms with Crippen molar-refractivity contribution in [3.05, 3.63) is 90.5 Å². The lowest BCUT2D eigenvalue weighted by Crippen LogP contribution is -2.50. The van der Waals surface area contributed by atoms with E-state index in [9.17, 15) is 24.3 Å². The number of fused-ring (bicyclic) bond motifs is 1. The van der Waals surface area contributed by atoms with Crippen molar-refractivity contribution >= 4 is 40.2 Å². The Morgan fingerprint density at radius 2 is 1.64 bits per heavy atom. The van der Waals surface area contributed by atoms with E-state index in [4.69, 9.17) is 4.74 Å². The van der Waals surface area contributed by atoms with Gasteiger partial charge in [-0.2, -0.15) is 0 Å². The van der Waals surface area contributed by atoms with Gasteiger partial charge in [-0.25, -0.2) is 0 Å². The first-order chi connectivity index (χ1) is 20.3. The van der Waals surface area contributed by atoms with Gasteiger partial charge in [0.15, 0.2) is 0 Å². The maximum atomic E-state index is 13.4. The number of ether oxygens (including phenoxy) is 1. The highest BCUT2D eigenvalue weighted by Gasteiger charge is 2.30. The average Bonchev–Trinajstić information content (AvgIpc) is 2.99. The Bertz CT molecular complexity index is 1420. The Balaban J connectivity index is 1.55. The predicted octanol–water partition coefficient (Wildman–Crippen LogP) is 3.52. The Morgan fingerprint density at radius 1 is 0.952 bits per heavy atom. The number of benzene rings is 3. The quantitative estimate of drug-likeness (QED) is 0.242. The van der Waals surface area contributed by atoms with Crippen molar-refractivity contribution in [1.29, 1.82) is 0 Å². The van der Waals surface area contributed by atoms with Crippen LogP contribution in [-0.4, -0.2) is 54.1 Å². The molecule has 1 aliphatic rings. The fraction of sp³-hybridized carbons (Fsp3) is 0.333. The van der Waals surface area contributed by atoms with Crippen molar-refractivity contribution in [2.45, 2.75) is 44.7 Å². The average molecular weight is 572 g/mol. The van der Waals surface area contributed by atoms with E-state index in [1.165, 1.54) is 0 Å². The van der Waals surface area contributed by atoms with Gasteiger partial charge >= 0.3 is 5.97 Å². The minimum atomic E-state index is -1.18. The summed E-state index contributed by atoms with van der Waals surface area (Å²) in [6.07, 6.45) is 4.55. The summed E-state index contributed by atoms with van der Waals surface area (Å²) >= 11 is 0. The molecule has 0 aromatic heterocycles. The molecule has 4 atom stereocenters. The van der Waals surface area contributed by atoms with Crippen molar-refractivity contribution in [2.75, 3.05) is 18.5 Å². The molecule has 3 amide bonds. The summed E-state index contributed by atoms with van der Waals surface area (Å²) in [5.41, 5.74) is 1.51. The second-order valence-corrected chi connectivity index (χ2v) is 10.6. The Morgan fingerprint density at radius 3 is 2.38 bits per heavy atom. The number of amides is 3. The van der Waals surface area contributed by atoms with Crippen LogP contribution in [0.5, 0.6) is 0 Å². The topological polar surface area (TPSA) is 134 Å². The summed E-state index contributed by atoms with van der Waals surface area (Å²) in [7, 11) is 0. The molecule has 1 aliphatic heterocycles. The predicted molar refractivity (Wildman–Crippen MR) is 160 cm³/mol. The summed E-state index contributed by atoms with van der Waals surface area (Å²) in [5, 5.41) is 19.4. The molecular formula is C33H37N3O6.